The third-order valence-corrected chi connectivity index (χ3v) is 5.07. The summed E-state index contributed by atoms with van der Waals surface area (Å²) >= 11 is 0. The molecule has 1 aromatic heterocycles. The number of amides is 1. The Kier molecular flexibility index (Phi) is 5.10. The van der Waals surface area contributed by atoms with Crippen molar-refractivity contribution in [1.82, 2.24) is 10.5 Å². The molecule has 154 valence electrons. The normalized spacial score (nSPS) is 12.4. The highest BCUT2D eigenvalue weighted by Crippen LogP contribution is 2.34. The first-order valence-electron chi connectivity index (χ1n) is 10.1. The Morgan fingerprint density at radius 1 is 0.806 bits per heavy atom. The monoisotopic (exact) mass is 412 g/mol. The van der Waals surface area contributed by atoms with Gasteiger partial charge in [0.25, 0.3) is 5.91 Å². The van der Waals surface area contributed by atoms with Crippen molar-refractivity contribution in [2.45, 2.75) is 6.54 Å². The molecule has 0 saturated heterocycles. The van der Waals surface area contributed by atoms with Crippen molar-refractivity contribution in [2.24, 2.45) is 0 Å². The molecule has 0 aliphatic carbocycles. The predicted octanol–water partition coefficient (Wildman–Crippen LogP) is 4.71. The van der Waals surface area contributed by atoms with Gasteiger partial charge >= 0.3 is 0 Å². The van der Waals surface area contributed by atoms with E-state index in [1.54, 1.807) is 0 Å². The molecular formula is C25H20N2O4. The minimum absolute atomic E-state index is 0.163. The number of ether oxygens (including phenoxy) is 2. The third-order valence-electron chi connectivity index (χ3n) is 5.07. The van der Waals surface area contributed by atoms with Crippen LogP contribution in [0.2, 0.25) is 0 Å². The number of hydrogen-bond acceptors (Lipinski definition) is 5. The van der Waals surface area contributed by atoms with Crippen LogP contribution in [0.4, 0.5) is 0 Å². The Hall–Kier alpha value is -4.06. The standard InChI is InChI=1S/C25H20N2O4/c28-25(19-8-6-18(7-9-19)17-4-2-1-3-5-17)26-16-21-15-23(31-27-21)20-10-11-22-24(14-20)30-13-12-29-22/h1-11,14-15H,12-13,16H2,(H,26,28). The molecule has 0 atom stereocenters. The first-order valence-corrected chi connectivity index (χ1v) is 10.1. The molecular weight excluding hydrogens is 392 g/mol. The Morgan fingerprint density at radius 3 is 2.32 bits per heavy atom. The lowest BCUT2D eigenvalue weighted by Crippen LogP contribution is -2.22. The van der Waals surface area contributed by atoms with Gasteiger partial charge in [-0.15, -0.1) is 0 Å². The van der Waals surface area contributed by atoms with Crippen molar-refractivity contribution < 1.29 is 18.8 Å². The van der Waals surface area contributed by atoms with Crippen LogP contribution in [0.3, 0.4) is 0 Å². The van der Waals surface area contributed by atoms with Gasteiger partial charge in [0.2, 0.25) is 0 Å². The minimum Gasteiger partial charge on any atom is -0.486 e. The number of aromatic nitrogens is 1. The number of carbonyl (C=O) groups excluding carboxylic acids is 1. The van der Waals surface area contributed by atoms with Crippen molar-refractivity contribution >= 4 is 5.91 Å². The van der Waals surface area contributed by atoms with Crippen molar-refractivity contribution in [1.29, 1.82) is 0 Å². The average molecular weight is 412 g/mol. The molecule has 0 fully saturated rings. The Morgan fingerprint density at radius 2 is 1.52 bits per heavy atom. The smallest absolute Gasteiger partial charge is 0.251 e. The van der Waals surface area contributed by atoms with Crippen LogP contribution in [0, 0.1) is 0 Å². The molecule has 6 nitrogen and oxygen atoms in total. The van der Waals surface area contributed by atoms with Gasteiger partial charge in [0.1, 0.15) is 18.9 Å². The molecule has 1 amide bonds. The highest BCUT2D eigenvalue weighted by atomic mass is 16.6. The summed E-state index contributed by atoms with van der Waals surface area (Å²) in [5.41, 5.74) is 4.25. The topological polar surface area (TPSA) is 73.6 Å². The number of benzene rings is 3. The summed E-state index contributed by atoms with van der Waals surface area (Å²) in [7, 11) is 0. The SMILES string of the molecule is O=C(NCc1cc(-c2ccc3c(c2)OCCO3)on1)c1ccc(-c2ccccc2)cc1. The predicted molar refractivity (Wildman–Crippen MR) is 116 cm³/mol. The van der Waals surface area contributed by atoms with Crippen LogP contribution >= 0.6 is 0 Å². The van der Waals surface area contributed by atoms with Crippen LogP contribution in [0.25, 0.3) is 22.5 Å². The van der Waals surface area contributed by atoms with E-state index >= 15 is 0 Å². The molecule has 2 heterocycles. The van der Waals surface area contributed by atoms with E-state index in [9.17, 15) is 4.79 Å². The second-order valence-electron chi connectivity index (χ2n) is 7.17. The highest BCUT2D eigenvalue weighted by Gasteiger charge is 2.15. The lowest BCUT2D eigenvalue weighted by molar-refractivity contribution is 0.0950. The fourth-order valence-electron chi connectivity index (χ4n) is 3.45. The van der Waals surface area contributed by atoms with Crippen molar-refractivity contribution in [3.8, 4) is 33.9 Å². The Balaban J connectivity index is 1.23. The maximum absolute atomic E-state index is 12.5. The van der Waals surface area contributed by atoms with Gasteiger partial charge in [0, 0.05) is 17.2 Å². The van der Waals surface area contributed by atoms with Gasteiger partial charge in [-0.1, -0.05) is 47.6 Å². The van der Waals surface area contributed by atoms with Crippen LogP contribution in [-0.2, 0) is 6.54 Å². The van der Waals surface area contributed by atoms with Gasteiger partial charge in [0.05, 0.1) is 6.54 Å². The molecule has 5 rings (SSSR count). The Labute approximate surface area is 179 Å². The molecule has 6 heteroatoms. The fraction of sp³-hybridized carbons (Fsp3) is 0.120. The van der Waals surface area contributed by atoms with Crippen LogP contribution in [0.1, 0.15) is 16.1 Å². The maximum Gasteiger partial charge on any atom is 0.251 e. The van der Waals surface area contributed by atoms with Crippen LogP contribution in [0.15, 0.2) is 83.4 Å². The van der Waals surface area contributed by atoms with E-state index < -0.39 is 0 Å². The van der Waals surface area contributed by atoms with Gasteiger partial charge in [-0.25, -0.2) is 0 Å². The van der Waals surface area contributed by atoms with E-state index in [-0.39, 0.29) is 12.5 Å². The lowest BCUT2D eigenvalue weighted by Gasteiger charge is -2.18. The van der Waals surface area contributed by atoms with Gasteiger partial charge in [-0.3, -0.25) is 4.79 Å². The second kappa shape index (κ2) is 8.36. The van der Waals surface area contributed by atoms with Crippen LogP contribution in [0.5, 0.6) is 11.5 Å². The first kappa shape index (κ1) is 18.9. The van der Waals surface area contributed by atoms with Crippen LogP contribution in [-0.4, -0.2) is 24.3 Å². The van der Waals surface area contributed by atoms with E-state index in [1.165, 1.54) is 0 Å². The number of hydrogen-bond donors (Lipinski definition) is 1. The summed E-state index contributed by atoms with van der Waals surface area (Å²) < 4.78 is 16.6. The zero-order valence-electron chi connectivity index (χ0n) is 16.7. The molecule has 31 heavy (non-hydrogen) atoms. The first-order chi connectivity index (χ1) is 15.3. The van der Waals surface area contributed by atoms with Crippen molar-refractivity contribution in [2.75, 3.05) is 13.2 Å². The second-order valence-corrected chi connectivity index (χ2v) is 7.17. The Bertz CT molecular complexity index is 1200. The zero-order valence-corrected chi connectivity index (χ0v) is 16.7. The fourth-order valence-corrected chi connectivity index (χ4v) is 3.45. The summed E-state index contributed by atoms with van der Waals surface area (Å²) in [6.45, 7) is 1.34. The molecule has 0 unspecified atom stereocenters. The number of nitrogens with zero attached hydrogens (tertiary/aromatic N) is 1. The molecule has 0 saturated carbocycles. The summed E-state index contributed by atoms with van der Waals surface area (Å²) in [6.07, 6.45) is 0. The van der Waals surface area contributed by atoms with Crippen molar-refractivity contribution in [3.63, 3.8) is 0 Å². The molecule has 1 aliphatic rings. The largest absolute Gasteiger partial charge is 0.486 e. The summed E-state index contributed by atoms with van der Waals surface area (Å²) in [6, 6.07) is 25.0. The van der Waals surface area contributed by atoms with E-state index in [0.717, 1.165) is 22.4 Å². The quantitative estimate of drug-likeness (QED) is 0.514. The molecule has 0 radical (unpaired) electrons. The summed E-state index contributed by atoms with van der Waals surface area (Å²) in [5, 5.41) is 6.95. The molecule has 0 bridgehead atoms. The maximum atomic E-state index is 12.5. The molecule has 4 aromatic rings. The zero-order chi connectivity index (χ0) is 21.0. The summed E-state index contributed by atoms with van der Waals surface area (Å²) in [5.74, 6) is 1.85. The molecule has 3 aromatic carbocycles. The average Bonchev–Trinajstić information content (AvgIpc) is 3.32. The van der Waals surface area contributed by atoms with E-state index in [0.29, 0.717) is 36.0 Å². The third kappa shape index (κ3) is 4.14. The minimum atomic E-state index is -0.163. The van der Waals surface area contributed by atoms with Gasteiger partial charge in [-0.2, -0.15) is 0 Å². The molecule has 1 N–H and O–H groups in total. The van der Waals surface area contributed by atoms with E-state index in [4.69, 9.17) is 14.0 Å². The number of fused-ring (bicyclic) bond motifs is 1. The molecule has 1 aliphatic heterocycles. The number of nitrogens with one attached hydrogen (secondary N) is 1. The number of carbonyl (C=O) groups is 1. The van der Waals surface area contributed by atoms with Gasteiger partial charge in [0.15, 0.2) is 17.3 Å². The van der Waals surface area contributed by atoms with Crippen molar-refractivity contribution in [3.05, 3.63) is 90.1 Å². The highest BCUT2D eigenvalue weighted by molar-refractivity contribution is 5.94. The van der Waals surface area contributed by atoms with Gasteiger partial charge < -0.3 is 19.3 Å². The van der Waals surface area contributed by atoms with E-state index in [2.05, 4.69) is 10.5 Å². The lowest BCUT2D eigenvalue weighted by atomic mass is 10.0. The number of rotatable bonds is 5. The summed E-state index contributed by atoms with van der Waals surface area (Å²) in [4.78, 5) is 12.5. The van der Waals surface area contributed by atoms with Crippen LogP contribution < -0.4 is 14.8 Å². The van der Waals surface area contributed by atoms with E-state index in [1.807, 2.05) is 78.9 Å². The molecule has 0 spiro atoms. The van der Waals surface area contributed by atoms with Gasteiger partial charge in [-0.05, 0) is 41.5 Å².